The molecule has 3 amide bonds. The highest BCUT2D eigenvalue weighted by atomic mass is 16.5. The molecule has 10 nitrogen and oxygen atoms in total. The van der Waals surface area contributed by atoms with Gasteiger partial charge in [-0.2, -0.15) is 0 Å². The standard InChI is InChI=1S/C37H52N4O6/c1-3-4-23-41-35(44)32(33(42)27-10-6-5-7-11-27)39-36(45)37(41)20-24-40(25-21-37)22-8-9-26-46-29-16-18-31(19-17-29)47-30-14-12-28(13-15-30)34(43)38-2/h12-19,27,32-33,42H,3-11,20-26H2,1-2H3,(H,38,43)(H,39,45)/t32-,33-/m1/s1. The smallest absolute Gasteiger partial charge is 0.251 e. The molecule has 256 valence electrons. The molecule has 0 radical (unpaired) electrons. The average Bonchev–Trinajstić information content (AvgIpc) is 3.11. The number of aliphatic hydroxyl groups is 1. The number of carbonyl (C=O) groups excluding carboxylic acids is 3. The van der Waals surface area contributed by atoms with E-state index in [4.69, 9.17) is 9.47 Å². The van der Waals surface area contributed by atoms with Crippen LogP contribution in [0.3, 0.4) is 0 Å². The maximum Gasteiger partial charge on any atom is 0.251 e. The number of nitrogens with zero attached hydrogens (tertiary/aromatic N) is 2. The van der Waals surface area contributed by atoms with Crippen LogP contribution in [0.4, 0.5) is 0 Å². The summed E-state index contributed by atoms with van der Waals surface area (Å²) in [7, 11) is 1.60. The lowest BCUT2D eigenvalue weighted by atomic mass is 9.78. The molecule has 1 saturated carbocycles. The summed E-state index contributed by atoms with van der Waals surface area (Å²) < 4.78 is 11.8. The van der Waals surface area contributed by atoms with Gasteiger partial charge in [0.05, 0.1) is 12.7 Å². The van der Waals surface area contributed by atoms with Crippen LogP contribution in [0.5, 0.6) is 17.2 Å². The Morgan fingerprint density at radius 3 is 2.21 bits per heavy atom. The molecule has 0 unspecified atom stereocenters. The highest BCUT2D eigenvalue weighted by molar-refractivity contribution is 6.00. The van der Waals surface area contributed by atoms with Crippen LogP contribution in [0.1, 0.15) is 87.9 Å². The minimum atomic E-state index is -0.830. The van der Waals surface area contributed by atoms with Gasteiger partial charge >= 0.3 is 0 Å². The lowest BCUT2D eigenvalue weighted by molar-refractivity contribution is -0.165. The molecule has 2 aromatic carbocycles. The van der Waals surface area contributed by atoms with E-state index in [0.29, 0.717) is 43.1 Å². The van der Waals surface area contributed by atoms with E-state index >= 15 is 0 Å². The van der Waals surface area contributed by atoms with Gasteiger partial charge in [-0.05, 0) is 106 Å². The van der Waals surface area contributed by atoms with Gasteiger partial charge in [-0.3, -0.25) is 14.4 Å². The number of rotatable bonds is 14. The second-order valence-electron chi connectivity index (χ2n) is 13.3. The number of amides is 3. The first-order valence-electron chi connectivity index (χ1n) is 17.6. The fourth-order valence-electron chi connectivity index (χ4n) is 7.29. The molecule has 1 aliphatic carbocycles. The number of piperidine rings is 1. The quantitative estimate of drug-likeness (QED) is 0.249. The van der Waals surface area contributed by atoms with Crippen LogP contribution < -0.4 is 20.1 Å². The Labute approximate surface area is 279 Å². The Hall–Kier alpha value is -3.63. The third-order valence-electron chi connectivity index (χ3n) is 10.2. The average molecular weight is 649 g/mol. The number of piperazine rings is 1. The first-order chi connectivity index (χ1) is 22.8. The monoisotopic (exact) mass is 648 g/mol. The van der Waals surface area contributed by atoms with Gasteiger partial charge in [-0.25, -0.2) is 0 Å². The van der Waals surface area contributed by atoms with E-state index in [1.807, 2.05) is 29.2 Å². The minimum Gasteiger partial charge on any atom is -0.494 e. The Bertz CT molecular complexity index is 1320. The number of carbonyl (C=O) groups is 3. The van der Waals surface area contributed by atoms with E-state index in [1.54, 1.807) is 31.3 Å². The summed E-state index contributed by atoms with van der Waals surface area (Å²) in [5.41, 5.74) is -0.242. The van der Waals surface area contributed by atoms with Crippen molar-refractivity contribution in [3.63, 3.8) is 0 Å². The number of benzene rings is 2. The lowest BCUT2D eigenvalue weighted by Gasteiger charge is -2.52. The van der Waals surface area contributed by atoms with Crippen molar-refractivity contribution in [3.8, 4) is 17.2 Å². The summed E-state index contributed by atoms with van der Waals surface area (Å²) >= 11 is 0. The fourth-order valence-corrected chi connectivity index (χ4v) is 7.29. The fraction of sp³-hybridized carbons (Fsp3) is 0.595. The second kappa shape index (κ2) is 16.5. The second-order valence-corrected chi connectivity index (χ2v) is 13.3. The minimum absolute atomic E-state index is 0.0751. The SMILES string of the molecule is CCCCN1C(=O)[C@@H]([C@H](O)C2CCCCC2)NC(=O)C12CCN(CCCCOc1ccc(Oc3ccc(C(=O)NC)cc3)cc1)CC2. The van der Waals surface area contributed by atoms with Crippen molar-refractivity contribution in [3.05, 3.63) is 54.1 Å². The van der Waals surface area contributed by atoms with Gasteiger partial charge in [0.15, 0.2) is 0 Å². The van der Waals surface area contributed by atoms with Crippen molar-refractivity contribution in [2.45, 2.75) is 95.2 Å². The van der Waals surface area contributed by atoms with Crippen molar-refractivity contribution < 1.29 is 29.0 Å². The first-order valence-corrected chi connectivity index (χ1v) is 17.6. The molecular formula is C37H52N4O6. The highest BCUT2D eigenvalue weighted by Gasteiger charge is 2.55. The zero-order valence-corrected chi connectivity index (χ0v) is 28.0. The predicted molar refractivity (Wildman–Crippen MR) is 181 cm³/mol. The van der Waals surface area contributed by atoms with E-state index < -0.39 is 17.7 Å². The van der Waals surface area contributed by atoms with Crippen LogP contribution >= 0.6 is 0 Å². The van der Waals surface area contributed by atoms with E-state index in [9.17, 15) is 19.5 Å². The predicted octanol–water partition coefficient (Wildman–Crippen LogP) is 4.90. The van der Waals surface area contributed by atoms with E-state index in [0.717, 1.165) is 76.8 Å². The molecule has 5 rings (SSSR count). The topological polar surface area (TPSA) is 120 Å². The van der Waals surface area contributed by atoms with Crippen LogP contribution in [0.15, 0.2) is 48.5 Å². The molecule has 3 fully saturated rings. The molecule has 47 heavy (non-hydrogen) atoms. The zero-order valence-electron chi connectivity index (χ0n) is 28.0. The van der Waals surface area contributed by atoms with Gasteiger partial charge in [0.25, 0.3) is 5.91 Å². The number of likely N-dealkylation sites (tertiary alicyclic amines) is 1. The molecule has 2 saturated heterocycles. The maximum absolute atomic E-state index is 13.8. The molecule has 3 aliphatic rings. The van der Waals surface area contributed by atoms with Gasteiger partial charge in [-0.1, -0.05) is 32.6 Å². The number of unbranched alkanes of at least 4 members (excludes halogenated alkanes) is 2. The van der Waals surface area contributed by atoms with Gasteiger partial charge in [0, 0.05) is 32.2 Å². The van der Waals surface area contributed by atoms with Crippen molar-refractivity contribution in [2.24, 2.45) is 5.92 Å². The zero-order chi connectivity index (χ0) is 33.2. The number of ether oxygens (including phenoxy) is 2. The summed E-state index contributed by atoms with van der Waals surface area (Å²) in [6, 6.07) is 13.6. The van der Waals surface area contributed by atoms with Gasteiger partial charge in [0.2, 0.25) is 11.8 Å². The van der Waals surface area contributed by atoms with Crippen LogP contribution in [-0.2, 0) is 9.59 Å². The van der Waals surface area contributed by atoms with Crippen LogP contribution in [-0.4, -0.2) is 90.1 Å². The van der Waals surface area contributed by atoms with Crippen LogP contribution in [0, 0.1) is 5.92 Å². The molecule has 1 spiro atoms. The number of nitrogens with one attached hydrogen (secondary N) is 2. The van der Waals surface area contributed by atoms with Gasteiger partial charge in [-0.15, -0.1) is 0 Å². The van der Waals surface area contributed by atoms with Gasteiger partial charge < -0.3 is 35.0 Å². The number of aliphatic hydroxyl groups excluding tert-OH is 1. The third kappa shape index (κ3) is 8.46. The molecule has 10 heteroatoms. The summed E-state index contributed by atoms with van der Waals surface area (Å²) in [4.78, 5) is 43.5. The van der Waals surface area contributed by atoms with Crippen molar-refractivity contribution >= 4 is 17.7 Å². The summed E-state index contributed by atoms with van der Waals surface area (Å²) in [6.45, 7) is 5.70. The summed E-state index contributed by atoms with van der Waals surface area (Å²) in [6.07, 6.45) is 9.24. The molecule has 3 N–H and O–H groups in total. The normalized spacial score (nSPS) is 20.9. The van der Waals surface area contributed by atoms with Gasteiger partial charge in [0.1, 0.15) is 28.8 Å². The number of hydrogen-bond donors (Lipinski definition) is 3. The lowest BCUT2D eigenvalue weighted by Crippen LogP contribution is -2.75. The highest BCUT2D eigenvalue weighted by Crippen LogP contribution is 2.36. The summed E-state index contributed by atoms with van der Waals surface area (Å²) in [5.74, 6) is 1.87. The van der Waals surface area contributed by atoms with Crippen molar-refractivity contribution in [1.29, 1.82) is 0 Å². The molecule has 0 aromatic heterocycles. The Balaban J connectivity index is 1.05. The van der Waals surface area contributed by atoms with Crippen molar-refractivity contribution in [1.82, 2.24) is 20.4 Å². The molecular weight excluding hydrogens is 596 g/mol. The molecule has 2 aliphatic heterocycles. The van der Waals surface area contributed by atoms with Crippen LogP contribution in [0.2, 0.25) is 0 Å². The third-order valence-corrected chi connectivity index (χ3v) is 10.2. The first kappa shape index (κ1) is 34.7. The van der Waals surface area contributed by atoms with Crippen LogP contribution in [0.25, 0.3) is 0 Å². The molecule has 2 aromatic rings. The maximum atomic E-state index is 13.8. The van der Waals surface area contributed by atoms with E-state index in [-0.39, 0.29) is 23.6 Å². The Kier molecular flexibility index (Phi) is 12.2. The van der Waals surface area contributed by atoms with Crippen molar-refractivity contribution in [2.75, 3.05) is 39.8 Å². The largest absolute Gasteiger partial charge is 0.494 e. The van der Waals surface area contributed by atoms with E-state index in [1.165, 1.54) is 6.42 Å². The molecule has 0 bridgehead atoms. The number of hydrogen-bond acceptors (Lipinski definition) is 7. The van der Waals surface area contributed by atoms with E-state index in [2.05, 4.69) is 22.5 Å². The molecule has 2 heterocycles. The Morgan fingerprint density at radius 2 is 1.57 bits per heavy atom. The summed E-state index contributed by atoms with van der Waals surface area (Å²) in [5, 5.41) is 16.8. The molecule has 2 atom stereocenters. The Morgan fingerprint density at radius 1 is 0.936 bits per heavy atom.